The lowest BCUT2D eigenvalue weighted by Crippen LogP contribution is -2.36. The quantitative estimate of drug-likeness (QED) is 0.667. The van der Waals surface area contributed by atoms with E-state index in [0.717, 1.165) is 29.0 Å². The van der Waals surface area contributed by atoms with Crippen molar-refractivity contribution in [3.8, 4) is 17.2 Å². The third kappa shape index (κ3) is 3.75. The number of benzene rings is 1. The predicted octanol–water partition coefficient (Wildman–Crippen LogP) is 4.07. The van der Waals surface area contributed by atoms with E-state index in [1.54, 1.807) is 37.8 Å². The van der Waals surface area contributed by atoms with Crippen LogP contribution in [0.1, 0.15) is 45.2 Å². The lowest BCUT2D eigenvalue weighted by molar-refractivity contribution is -0.118. The molecule has 0 bridgehead atoms. The minimum absolute atomic E-state index is 0.114. The molecule has 2 aromatic rings. The normalized spacial score (nSPS) is 19.4. The Labute approximate surface area is 186 Å². The minimum Gasteiger partial charge on any atom is -0.493 e. The van der Waals surface area contributed by atoms with Gasteiger partial charge in [0, 0.05) is 17.7 Å². The third-order valence-electron chi connectivity index (χ3n) is 5.59. The number of thioether (sulfide) groups is 1. The van der Waals surface area contributed by atoms with Gasteiger partial charge in [-0.15, -0.1) is 5.10 Å². The van der Waals surface area contributed by atoms with Crippen LogP contribution in [0.4, 0.5) is 5.95 Å². The number of ketones is 1. The first-order valence-corrected chi connectivity index (χ1v) is 11.2. The molecule has 0 unspecified atom stereocenters. The van der Waals surface area contributed by atoms with Crippen molar-refractivity contribution in [2.45, 2.75) is 44.8 Å². The maximum Gasteiger partial charge on any atom is 0.227 e. The molecule has 2 aliphatic rings. The number of carbonyl (C=O) groups is 1. The molecule has 0 saturated heterocycles. The fourth-order valence-electron chi connectivity index (χ4n) is 4.35. The summed E-state index contributed by atoms with van der Waals surface area (Å²) in [6.07, 6.45) is 1.24. The Morgan fingerprint density at radius 1 is 1.16 bits per heavy atom. The number of hydrogen-bond donors (Lipinski definition) is 1. The Kier molecular flexibility index (Phi) is 5.63. The van der Waals surface area contributed by atoms with Crippen LogP contribution in [0, 0.1) is 5.41 Å². The average Bonchev–Trinajstić information content (AvgIpc) is 3.12. The van der Waals surface area contributed by atoms with Gasteiger partial charge in [0.1, 0.15) is 6.04 Å². The number of Topliss-reactive ketones (excluding diaryl/α,β-unsaturated/α-hetero) is 1. The van der Waals surface area contributed by atoms with Gasteiger partial charge in [0.05, 0.1) is 21.3 Å². The number of hydrogen-bond acceptors (Lipinski definition) is 8. The van der Waals surface area contributed by atoms with E-state index in [1.165, 1.54) is 0 Å². The zero-order chi connectivity index (χ0) is 22.3. The van der Waals surface area contributed by atoms with Crippen LogP contribution in [0.2, 0.25) is 0 Å². The molecule has 4 rings (SSSR count). The maximum absolute atomic E-state index is 13.4. The molecule has 9 heteroatoms. The van der Waals surface area contributed by atoms with E-state index < -0.39 is 6.04 Å². The zero-order valence-electron chi connectivity index (χ0n) is 18.7. The van der Waals surface area contributed by atoms with Crippen molar-refractivity contribution in [3.05, 3.63) is 29.0 Å². The van der Waals surface area contributed by atoms with E-state index >= 15 is 0 Å². The van der Waals surface area contributed by atoms with Gasteiger partial charge in [0.15, 0.2) is 17.3 Å². The number of nitrogens with one attached hydrogen (secondary N) is 1. The fourth-order valence-corrected chi connectivity index (χ4v) is 4.90. The summed E-state index contributed by atoms with van der Waals surface area (Å²) in [4.78, 5) is 18.0. The van der Waals surface area contributed by atoms with E-state index in [4.69, 9.17) is 19.3 Å². The highest BCUT2D eigenvalue weighted by Gasteiger charge is 2.42. The van der Waals surface area contributed by atoms with Crippen LogP contribution in [0.5, 0.6) is 17.2 Å². The highest BCUT2D eigenvalue weighted by molar-refractivity contribution is 7.99. The van der Waals surface area contributed by atoms with E-state index in [9.17, 15) is 4.79 Å². The smallest absolute Gasteiger partial charge is 0.227 e. The largest absolute Gasteiger partial charge is 0.493 e. The number of rotatable bonds is 6. The van der Waals surface area contributed by atoms with Crippen LogP contribution >= 0.6 is 11.8 Å². The van der Waals surface area contributed by atoms with Gasteiger partial charge in [-0.2, -0.15) is 4.98 Å². The lowest BCUT2D eigenvalue weighted by Gasteiger charge is -2.38. The van der Waals surface area contributed by atoms with Crippen molar-refractivity contribution in [2.75, 3.05) is 32.4 Å². The van der Waals surface area contributed by atoms with E-state index in [1.807, 2.05) is 12.1 Å². The van der Waals surface area contributed by atoms with E-state index in [0.29, 0.717) is 34.8 Å². The molecular formula is C22H28N4O4S. The van der Waals surface area contributed by atoms with E-state index in [2.05, 4.69) is 31.1 Å². The summed E-state index contributed by atoms with van der Waals surface area (Å²) >= 11 is 1.57. The SMILES string of the molecule is CCSc1nc2n(n1)[C@@H](c1cc(OC)c(OC)c(OC)c1)C1=C(CC(C)(C)CC1=O)N2. The molecule has 166 valence electrons. The van der Waals surface area contributed by atoms with Gasteiger partial charge < -0.3 is 19.5 Å². The molecule has 0 spiro atoms. The number of ether oxygens (including phenoxy) is 3. The molecule has 1 N–H and O–H groups in total. The second kappa shape index (κ2) is 8.11. The van der Waals surface area contributed by atoms with Crippen LogP contribution in [0.25, 0.3) is 0 Å². The molecule has 31 heavy (non-hydrogen) atoms. The van der Waals surface area contributed by atoms with Crippen molar-refractivity contribution in [1.82, 2.24) is 14.8 Å². The van der Waals surface area contributed by atoms with Gasteiger partial charge in [-0.25, -0.2) is 4.68 Å². The third-order valence-corrected chi connectivity index (χ3v) is 6.31. The topological polar surface area (TPSA) is 87.5 Å². The summed E-state index contributed by atoms with van der Waals surface area (Å²) in [6.45, 7) is 6.29. The molecule has 0 radical (unpaired) electrons. The maximum atomic E-state index is 13.4. The molecule has 1 aromatic carbocycles. The molecule has 1 aliphatic carbocycles. The summed E-state index contributed by atoms with van der Waals surface area (Å²) < 4.78 is 18.4. The predicted molar refractivity (Wildman–Crippen MR) is 119 cm³/mol. The second-order valence-corrected chi connectivity index (χ2v) is 9.65. The van der Waals surface area contributed by atoms with Gasteiger partial charge in [0.25, 0.3) is 0 Å². The zero-order valence-corrected chi connectivity index (χ0v) is 19.6. The second-order valence-electron chi connectivity index (χ2n) is 8.41. The van der Waals surface area contributed by atoms with Crippen molar-refractivity contribution < 1.29 is 19.0 Å². The number of anilines is 1. The minimum atomic E-state index is -0.428. The molecule has 8 nitrogen and oxygen atoms in total. The van der Waals surface area contributed by atoms with Crippen molar-refractivity contribution in [2.24, 2.45) is 5.41 Å². The number of allylic oxidation sites excluding steroid dienone is 2. The molecule has 1 aromatic heterocycles. The van der Waals surface area contributed by atoms with E-state index in [-0.39, 0.29) is 11.2 Å². The van der Waals surface area contributed by atoms with Crippen LogP contribution < -0.4 is 19.5 Å². The van der Waals surface area contributed by atoms with Gasteiger partial charge in [-0.05, 0) is 35.3 Å². The molecule has 0 fully saturated rings. The number of aromatic nitrogens is 3. The van der Waals surface area contributed by atoms with Crippen molar-refractivity contribution in [3.63, 3.8) is 0 Å². The van der Waals surface area contributed by atoms with Crippen LogP contribution in [-0.4, -0.2) is 47.6 Å². The number of methoxy groups -OCH3 is 3. The summed E-state index contributed by atoms with van der Waals surface area (Å²) in [5.41, 5.74) is 2.34. The Morgan fingerprint density at radius 3 is 2.42 bits per heavy atom. The lowest BCUT2D eigenvalue weighted by atomic mass is 9.73. The van der Waals surface area contributed by atoms with Gasteiger partial charge in [-0.3, -0.25) is 4.79 Å². The monoisotopic (exact) mass is 444 g/mol. The Bertz CT molecular complexity index is 1030. The van der Waals surface area contributed by atoms with Crippen LogP contribution in [-0.2, 0) is 4.79 Å². The molecule has 1 aliphatic heterocycles. The first-order valence-electron chi connectivity index (χ1n) is 10.2. The summed E-state index contributed by atoms with van der Waals surface area (Å²) in [6, 6.07) is 3.34. The van der Waals surface area contributed by atoms with Crippen LogP contribution in [0.15, 0.2) is 28.6 Å². The van der Waals surface area contributed by atoms with Gasteiger partial charge in [0.2, 0.25) is 16.9 Å². The number of nitrogens with zero attached hydrogens (tertiary/aromatic N) is 3. The van der Waals surface area contributed by atoms with Crippen molar-refractivity contribution in [1.29, 1.82) is 0 Å². The Hall–Kier alpha value is -2.68. The molecule has 0 saturated carbocycles. The Balaban J connectivity index is 1.94. The number of fused-ring (bicyclic) bond motifs is 1. The first-order chi connectivity index (χ1) is 14.8. The van der Waals surface area contributed by atoms with Gasteiger partial charge in [-0.1, -0.05) is 32.5 Å². The average molecular weight is 445 g/mol. The molecule has 1 atom stereocenters. The molecule has 2 heterocycles. The molecule has 0 amide bonds. The van der Waals surface area contributed by atoms with Crippen molar-refractivity contribution >= 4 is 23.5 Å². The summed E-state index contributed by atoms with van der Waals surface area (Å²) in [7, 11) is 4.74. The number of carbonyl (C=O) groups excluding carboxylic acids is 1. The van der Waals surface area contributed by atoms with Gasteiger partial charge >= 0.3 is 0 Å². The fraction of sp³-hybridized carbons (Fsp3) is 0.500. The highest BCUT2D eigenvalue weighted by Crippen LogP contribution is 2.48. The Morgan fingerprint density at radius 2 is 1.84 bits per heavy atom. The van der Waals surface area contributed by atoms with Crippen LogP contribution in [0.3, 0.4) is 0 Å². The summed E-state index contributed by atoms with van der Waals surface area (Å²) in [5.74, 6) is 3.19. The highest BCUT2D eigenvalue weighted by atomic mass is 32.2. The summed E-state index contributed by atoms with van der Waals surface area (Å²) in [5, 5.41) is 8.79. The standard InChI is InChI=1S/C22H28N4O4S/c1-7-31-21-24-20-23-13-10-22(2,3)11-14(27)17(13)18(26(20)25-21)12-8-15(28-4)19(30-6)16(9-12)29-5/h8-9,18H,7,10-11H2,1-6H3,(H,23,24,25)/t18-/m0/s1. The first kappa shape index (κ1) is 21.5. The molecular weight excluding hydrogens is 416 g/mol.